The summed E-state index contributed by atoms with van der Waals surface area (Å²) in [7, 11) is 0. The van der Waals surface area contributed by atoms with Crippen molar-refractivity contribution < 1.29 is 24.2 Å². The predicted molar refractivity (Wildman–Crippen MR) is 129 cm³/mol. The molecule has 2 saturated carbocycles. The highest BCUT2D eigenvalue weighted by Gasteiger charge is 2.53. The average Bonchev–Trinajstić information content (AvgIpc) is 3.30. The number of nitrogens with one attached hydrogen (secondary N) is 1. The summed E-state index contributed by atoms with van der Waals surface area (Å²) < 4.78 is 5.71. The summed E-state index contributed by atoms with van der Waals surface area (Å²) >= 11 is 0. The molecule has 0 radical (unpaired) electrons. The second-order valence-corrected chi connectivity index (χ2v) is 10.6. The summed E-state index contributed by atoms with van der Waals surface area (Å²) in [5, 5.41) is 12.5. The van der Waals surface area contributed by atoms with E-state index >= 15 is 0 Å². The molecule has 2 amide bonds. The van der Waals surface area contributed by atoms with E-state index in [2.05, 4.69) is 29.6 Å². The fourth-order valence-electron chi connectivity index (χ4n) is 6.85. The molecule has 3 aliphatic carbocycles. The van der Waals surface area contributed by atoms with Gasteiger partial charge in [-0.25, -0.2) is 4.79 Å². The number of carboxylic acid groups (broad SMARTS) is 1. The van der Waals surface area contributed by atoms with E-state index in [-0.39, 0.29) is 36.2 Å². The molecule has 2 N–H and O–H groups in total. The summed E-state index contributed by atoms with van der Waals surface area (Å²) in [5.41, 5.74) is 3.70. The second kappa shape index (κ2) is 8.40. The van der Waals surface area contributed by atoms with Gasteiger partial charge in [0.15, 0.2) is 0 Å². The van der Waals surface area contributed by atoms with Crippen LogP contribution in [0.5, 0.6) is 0 Å². The third-order valence-electron chi connectivity index (χ3n) is 8.71. The molecule has 7 nitrogen and oxygen atoms in total. The van der Waals surface area contributed by atoms with Crippen LogP contribution in [0.1, 0.15) is 49.1 Å². The van der Waals surface area contributed by atoms with Gasteiger partial charge >= 0.3 is 12.1 Å². The lowest BCUT2D eigenvalue weighted by molar-refractivity contribution is -0.153. The number of carbonyl (C=O) groups excluding carboxylic acids is 2. The number of rotatable bonds is 5. The third-order valence-corrected chi connectivity index (χ3v) is 8.71. The Morgan fingerprint density at radius 3 is 2.03 bits per heavy atom. The van der Waals surface area contributed by atoms with Crippen molar-refractivity contribution in [3.05, 3.63) is 59.7 Å². The summed E-state index contributed by atoms with van der Waals surface area (Å²) in [6.07, 6.45) is 3.17. The van der Waals surface area contributed by atoms with Gasteiger partial charge in [0.1, 0.15) is 12.1 Å². The highest BCUT2D eigenvalue weighted by Crippen LogP contribution is 2.45. The molecule has 2 bridgehead atoms. The third kappa shape index (κ3) is 3.60. The number of hydrogen-bond acceptors (Lipinski definition) is 4. The molecule has 2 aromatic rings. The Kier molecular flexibility index (Phi) is 5.31. The lowest BCUT2D eigenvalue weighted by Gasteiger charge is -2.46. The van der Waals surface area contributed by atoms with Crippen molar-refractivity contribution >= 4 is 18.0 Å². The lowest BCUT2D eigenvalue weighted by Crippen LogP contribution is -2.65. The summed E-state index contributed by atoms with van der Waals surface area (Å²) in [6, 6.07) is 16.4. The first kappa shape index (κ1) is 22.1. The fraction of sp³-hybridized carbons (Fsp3) is 0.464. The van der Waals surface area contributed by atoms with Crippen LogP contribution in [0.25, 0.3) is 11.1 Å². The van der Waals surface area contributed by atoms with Gasteiger partial charge in [0, 0.05) is 19.0 Å². The quantitative estimate of drug-likeness (QED) is 0.683. The number of aliphatic carboxylic acids is 1. The van der Waals surface area contributed by atoms with Gasteiger partial charge in [-0.1, -0.05) is 48.5 Å². The van der Waals surface area contributed by atoms with Gasteiger partial charge in [0.2, 0.25) is 5.91 Å². The number of carboxylic acids is 1. The van der Waals surface area contributed by atoms with Crippen LogP contribution in [0.2, 0.25) is 0 Å². The van der Waals surface area contributed by atoms with Gasteiger partial charge < -0.3 is 20.1 Å². The van der Waals surface area contributed by atoms with E-state index in [0.717, 1.165) is 30.4 Å². The zero-order valence-corrected chi connectivity index (χ0v) is 19.6. The van der Waals surface area contributed by atoms with Crippen LogP contribution in [0.3, 0.4) is 0 Å². The Morgan fingerprint density at radius 2 is 1.51 bits per heavy atom. The smallest absolute Gasteiger partial charge is 0.408 e. The molecule has 182 valence electrons. The molecule has 1 heterocycles. The van der Waals surface area contributed by atoms with Crippen LogP contribution in [-0.2, 0) is 14.3 Å². The Morgan fingerprint density at radius 1 is 0.943 bits per heavy atom. The lowest BCUT2D eigenvalue weighted by atomic mass is 9.74. The standard InChI is InChI=1S/C28H30N2O5/c31-25(32)24-17-10-11-18(24)15-30(14-17)26(33)28(12-5-13-28)29-27(34)35-16-23-21-8-3-1-6-19(21)20-7-2-4-9-22(20)23/h1-4,6-9,17-18,23-24H,5,10-16H2,(H,29,34)(H,31,32). The molecular weight excluding hydrogens is 444 g/mol. The van der Waals surface area contributed by atoms with Crippen molar-refractivity contribution in [3.8, 4) is 11.1 Å². The Labute approximate surface area is 204 Å². The maximum absolute atomic E-state index is 13.5. The number of alkyl carbamates (subject to hydrolysis) is 1. The molecule has 2 unspecified atom stereocenters. The van der Waals surface area contributed by atoms with Crippen LogP contribution >= 0.6 is 0 Å². The van der Waals surface area contributed by atoms with Crippen LogP contribution in [-0.4, -0.2) is 53.2 Å². The van der Waals surface area contributed by atoms with Crippen LogP contribution in [0.15, 0.2) is 48.5 Å². The fourth-order valence-corrected chi connectivity index (χ4v) is 6.85. The Bertz CT molecular complexity index is 1130. The SMILES string of the molecule is O=C(NC1(C(=O)N2CC3CCC(C2)C3C(=O)O)CCC1)OCC1c2ccccc2-c2ccccc21. The molecule has 2 atom stereocenters. The minimum Gasteiger partial charge on any atom is -0.481 e. The number of benzene rings is 2. The van der Waals surface area contributed by atoms with Crippen LogP contribution in [0, 0.1) is 17.8 Å². The minimum atomic E-state index is -0.932. The highest BCUT2D eigenvalue weighted by atomic mass is 16.5. The van der Waals surface area contributed by atoms with Gasteiger partial charge in [0.05, 0.1) is 5.92 Å². The number of ether oxygens (including phenoxy) is 1. The van der Waals surface area contributed by atoms with Gasteiger partial charge in [-0.15, -0.1) is 0 Å². The number of amides is 2. The first-order chi connectivity index (χ1) is 17.0. The molecule has 35 heavy (non-hydrogen) atoms. The largest absolute Gasteiger partial charge is 0.481 e. The van der Waals surface area contributed by atoms with Gasteiger partial charge in [-0.2, -0.15) is 0 Å². The van der Waals surface area contributed by atoms with Crippen molar-refractivity contribution in [2.75, 3.05) is 19.7 Å². The number of fused-ring (bicyclic) bond motifs is 5. The summed E-state index contributed by atoms with van der Waals surface area (Å²) in [5.74, 6) is -1.22. The van der Waals surface area contributed by atoms with E-state index in [0.29, 0.717) is 25.9 Å². The molecule has 0 aromatic heterocycles. The first-order valence-corrected chi connectivity index (χ1v) is 12.6. The van der Waals surface area contributed by atoms with E-state index < -0.39 is 17.6 Å². The van der Waals surface area contributed by atoms with Crippen molar-refractivity contribution in [1.29, 1.82) is 0 Å². The molecule has 4 aliphatic rings. The van der Waals surface area contributed by atoms with Gasteiger partial charge in [0.25, 0.3) is 0 Å². The van der Waals surface area contributed by atoms with E-state index in [4.69, 9.17) is 4.74 Å². The zero-order chi connectivity index (χ0) is 24.2. The molecule has 2 aromatic carbocycles. The highest BCUT2D eigenvalue weighted by molar-refractivity contribution is 5.91. The summed E-state index contributed by atoms with van der Waals surface area (Å²) in [4.78, 5) is 39.9. The monoisotopic (exact) mass is 474 g/mol. The minimum absolute atomic E-state index is 0.00165. The average molecular weight is 475 g/mol. The van der Waals surface area contributed by atoms with Crippen molar-refractivity contribution in [1.82, 2.24) is 10.2 Å². The van der Waals surface area contributed by atoms with Crippen molar-refractivity contribution in [3.63, 3.8) is 0 Å². The van der Waals surface area contributed by atoms with Gasteiger partial charge in [-0.05, 0) is 66.2 Å². The molecule has 1 aliphatic heterocycles. The van der Waals surface area contributed by atoms with Gasteiger partial charge in [-0.3, -0.25) is 9.59 Å². The van der Waals surface area contributed by atoms with Crippen LogP contribution < -0.4 is 5.32 Å². The summed E-state index contributed by atoms with van der Waals surface area (Å²) in [6.45, 7) is 1.12. The number of likely N-dealkylation sites (tertiary alicyclic amines) is 1. The van der Waals surface area contributed by atoms with Crippen molar-refractivity contribution in [2.45, 2.75) is 43.6 Å². The maximum atomic E-state index is 13.5. The second-order valence-electron chi connectivity index (χ2n) is 10.6. The molecule has 0 spiro atoms. The number of carbonyl (C=O) groups is 3. The molecule has 3 fully saturated rings. The molecular formula is C28H30N2O5. The topological polar surface area (TPSA) is 95.9 Å². The van der Waals surface area contributed by atoms with E-state index in [9.17, 15) is 19.5 Å². The van der Waals surface area contributed by atoms with Crippen LogP contribution in [0.4, 0.5) is 4.79 Å². The maximum Gasteiger partial charge on any atom is 0.408 e. The first-order valence-electron chi connectivity index (χ1n) is 12.6. The Balaban J connectivity index is 1.12. The van der Waals surface area contributed by atoms with E-state index in [1.165, 1.54) is 11.1 Å². The van der Waals surface area contributed by atoms with Crippen molar-refractivity contribution in [2.24, 2.45) is 17.8 Å². The molecule has 7 heteroatoms. The Hall–Kier alpha value is -3.35. The van der Waals surface area contributed by atoms with E-state index in [1.807, 2.05) is 24.3 Å². The number of nitrogens with zero attached hydrogens (tertiary/aromatic N) is 1. The van der Waals surface area contributed by atoms with E-state index in [1.54, 1.807) is 4.90 Å². The molecule has 6 rings (SSSR count). The zero-order valence-electron chi connectivity index (χ0n) is 19.6. The molecule has 1 saturated heterocycles. The normalized spacial score (nSPS) is 25.8. The number of hydrogen-bond donors (Lipinski definition) is 2. The predicted octanol–water partition coefficient (Wildman–Crippen LogP) is 4.02. The number of piperidine rings is 1.